The van der Waals surface area contributed by atoms with Crippen LogP contribution in [0.1, 0.15) is 30.9 Å². The van der Waals surface area contributed by atoms with E-state index in [1.54, 1.807) is 18.4 Å². The second-order valence-corrected chi connectivity index (χ2v) is 6.48. The van der Waals surface area contributed by atoms with E-state index in [1.165, 1.54) is 11.1 Å². The number of methoxy groups -OCH3 is 1. The maximum absolute atomic E-state index is 5.18. The van der Waals surface area contributed by atoms with Crippen LogP contribution in [0, 0.1) is 0 Å². The summed E-state index contributed by atoms with van der Waals surface area (Å²) in [6.45, 7) is 6.80. The van der Waals surface area contributed by atoms with E-state index < -0.39 is 0 Å². The van der Waals surface area contributed by atoms with Crippen LogP contribution in [0.2, 0.25) is 0 Å². The SMILES string of the molecule is CCNC(=NCC(C)c1ccsc1)NCCc1ccc(OC)cc1.I. The smallest absolute Gasteiger partial charge is 0.191 e. The summed E-state index contributed by atoms with van der Waals surface area (Å²) in [5, 5.41) is 11.0. The lowest BCUT2D eigenvalue weighted by Gasteiger charge is -2.13. The van der Waals surface area contributed by atoms with Crippen molar-refractivity contribution in [3.05, 3.63) is 52.2 Å². The number of nitrogens with one attached hydrogen (secondary N) is 2. The average Bonchev–Trinajstić information content (AvgIpc) is 3.14. The summed E-state index contributed by atoms with van der Waals surface area (Å²) in [5.74, 6) is 2.21. The van der Waals surface area contributed by atoms with E-state index in [0.29, 0.717) is 5.92 Å². The van der Waals surface area contributed by atoms with E-state index >= 15 is 0 Å². The third-order valence-electron chi connectivity index (χ3n) is 3.84. The van der Waals surface area contributed by atoms with Gasteiger partial charge in [-0.2, -0.15) is 11.3 Å². The fourth-order valence-corrected chi connectivity index (χ4v) is 3.13. The summed E-state index contributed by atoms with van der Waals surface area (Å²) in [7, 11) is 1.69. The molecule has 0 aliphatic carbocycles. The Morgan fingerprint density at radius 1 is 1.20 bits per heavy atom. The number of hydrogen-bond donors (Lipinski definition) is 2. The largest absolute Gasteiger partial charge is 0.497 e. The third kappa shape index (κ3) is 7.64. The van der Waals surface area contributed by atoms with Gasteiger partial charge in [0.05, 0.1) is 7.11 Å². The van der Waals surface area contributed by atoms with Crippen LogP contribution in [0.15, 0.2) is 46.1 Å². The first kappa shape index (κ1) is 21.8. The quantitative estimate of drug-likeness (QED) is 0.342. The minimum atomic E-state index is 0. The van der Waals surface area contributed by atoms with Crippen LogP contribution in [0.4, 0.5) is 0 Å². The number of thiophene rings is 1. The highest BCUT2D eigenvalue weighted by Crippen LogP contribution is 2.18. The summed E-state index contributed by atoms with van der Waals surface area (Å²) >= 11 is 1.74. The number of nitrogens with zero attached hydrogens (tertiary/aromatic N) is 1. The van der Waals surface area contributed by atoms with Gasteiger partial charge in [-0.1, -0.05) is 19.1 Å². The summed E-state index contributed by atoms with van der Waals surface area (Å²) in [4.78, 5) is 4.71. The Balaban J connectivity index is 0.00000312. The molecule has 0 aliphatic heterocycles. The number of ether oxygens (including phenoxy) is 1. The highest BCUT2D eigenvalue weighted by atomic mass is 127. The molecule has 2 N–H and O–H groups in total. The van der Waals surface area contributed by atoms with E-state index in [0.717, 1.165) is 37.8 Å². The minimum absolute atomic E-state index is 0. The molecule has 2 rings (SSSR count). The molecule has 2 aromatic rings. The van der Waals surface area contributed by atoms with Gasteiger partial charge in [-0.3, -0.25) is 4.99 Å². The first-order chi connectivity index (χ1) is 11.7. The van der Waals surface area contributed by atoms with Crippen molar-refractivity contribution in [2.24, 2.45) is 4.99 Å². The van der Waals surface area contributed by atoms with E-state index in [2.05, 4.69) is 53.4 Å². The first-order valence-corrected chi connectivity index (χ1v) is 9.34. The molecule has 0 saturated carbocycles. The molecule has 0 saturated heterocycles. The van der Waals surface area contributed by atoms with Crippen molar-refractivity contribution in [3.63, 3.8) is 0 Å². The van der Waals surface area contributed by atoms with Crippen LogP contribution in [-0.2, 0) is 6.42 Å². The van der Waals surface area contributed by atoms with E-state index in [4.69, 9.17) is 9.73 Å². The van der Waals surface area contributed by atoms with Crippen molar-refractivity contribution in [2.75, 3.05) is 26.7 Å². The van der Waals surface area contributed by atoms with Gasteiger partial charge in [0.15, 0.2) is 5.96 Å². The number of guanidine groups is 1. The zero-order chi connectivity index (χ0) is 17.2. The van der Waals surface area contributed by atoms with Gasteiger partial charge in [0.25, 0.3) is 0 Å². The number of hydrogen-bond acceptors (Lipinski definition) is 3. The standard InChI is InChI=1S/C19H27N3OS.HI/c1-4-20-19(22-13-15(2)17-10-12-24-14-17)21-11-9-16-5-7-18(23-3)8-6-16;/h5-8,10,12,14-15H,4,9,11,13H2,1-3H3,(H2,20,21,22);1H. The fraction of sp³-hybridized carbons (Fsp3) is 0.421. The molecule has 1 unspecified atom stereocenters. The molecule has 1 aromatic heterocycles. The molecule has 1 aromatic carbocycles. The van der Waals surface area contributed by atoms with E-state index in [1.807, 2.05) is 12.1 Å². The molecule has 138 valence electrons. The Bertz CT molecular complexity index is 614. The van der Waals surface area contributed by atoms with Gasteiger partial charge < -0.3 is 15.4 Å². The van der Waals surface area contributed by atoms with Crippen LogP contribution in [0.5, 0.6) is 5.75 Å². The Kier molecular flexibility index (Phi) is 10.6. The van der Waals surface area contributed by atoms with Crippen LogP contribution < -0.4 is 15.4 Å². The number of rotatable bonds is 8. The molecule has 25 heavy (non-hydrogen) atoms. The van der Waals surface area contributed by atoms with Crippen molar-refractivity contribution in [3.8, 4) is 5.75 Å². The molecule has 4 nitrogen and oxygen atoms in total. The van der Waals surface area contributed by atoms with Gasteiger partial charge in [-0.05, 0) is 53.4 Å². The van der Waals surface area contributed by atoms with Crippen LogP contribution in [0.3, 0.4) is 0 Å². The van der Waals surface area contributed by atoms with Gasteiger partial charge >= 0.3 is 0 Å². The molecule has 0 spiro atoms. The van der Waals surface area contributed by atoms with E-state index in [-0.39, 0.29) is 24.0 Å². The summed E-state index contributed by atoms with van der Waals surface area (Å²) in [6.07, 6.45) is 0.953. The Labute approximate surface area is 172 Å². The Morgan fingerprint density at radius 3 is 2.56 bits per heavy atom. The molecular formula is C19H28IN3OS. The van der Waals surface area contributed by atoms with Crippen LogP contribution in [0.25, 0.3) is 0 Å². The second-order valence-electron chi connectivity index (χ2n) is 5.70. The molecule has 0 amide bonds. The molecule has 1 heterocycles. The molecule has 0 bridgehead atoms. The average molecular weight is 473 g/mol. The summed E-state index contributed by atoms with van der Waals surface area (Å²) in [6, 6.07) is 10.4. The van der Waals surface area contributed by atoms with Crippen molar-refractivity contribution in [2.45, 2.75) is 26.2 Å². The van der Waals surface area contributed by atoms with Gasteiger partial charge in [0.2, 0.25) is 0 Å². The predicted molar refractivity (Wildman–Crippen MR) is 119 cm³/mol. The lowest BCUT2D eigenvalue weighted by molar-refractivity contribution is 0.414. The second kappa shape index (κ2) is 12.1. The molecular weight excluding hydrogens is 445 g/mol. The lowest BCUT2D eigenvalue weighted by Crippen LogP contribution is -2.38. The molecule has 0 fully saturated rings. The summed E-state index contributed by atoms with van der Waals surface area (Å²) in [5.41, 5.74) is 2.64. The first-order valence-electron chi connectivity index (χ1n) is 8.40. The van der Waals surface area contributed by atoms with Crippen molar-refractivity contribution in [1.29, 1.82) is 0 Å². The molecule has 6 heteroatoms. The van der Waals surface area contributed by atoms with Crippen molar-refractivity contribution >= 4 is 41.3 Å². The normalized spacial score (nSPS) is 12.2. The van der Waals surface area contributed by atoms with Gasteiger partial charge in [-0.25, -0.2) is 0 Å². The van der Waals surface area contributed by atoms with Crippen LogP contribution in [-0.4, -0.2) is 32.7 Å². The zero-order valence-corrected chi connectivity index (χ0v) is 18.3. The zero-order valence-electron chi connectivity index (χ0n) is 15.1. The summed E-state index contributed by atoms with van der Waals surface area (Å²) < 4.78 is 5.18. The highest BCUT2D eigenvalue weighted by Gasteiger charge is 2.06. The minimum Gasteiger partial charge on any atom is -0.497 e. The van der Waals surface area contributed by atoms with Gasteiger partial charge in [0.1, 0.15) is 5.75 Å². The predicted octanol–water partition coefficient (Wildman–Crippen LogP) is 4.28. The lowest BCUT2D eigenvalue weighted by atomic mass is 10.1. The molecule has 1 atom stereocenters. The van der Waals surface area contributed by atoms with Gasteiger partial charge in [-0.15, -0.1) is 24.0 Å². The van der Waals surface area contributed by atoms with Crippen LogP contribution >= 0.6 is 35.3 Å². The molecule has 0 radical (unpaired) electrons. The third-order valence-corrected chi connectivity index (χ3v) is 4.55. The van der Waals surface area contributed by atoms with Crippen molar-refractivity contribution < 1.29 is 4.74 Å². The maximum atomic E-state index is 5.18. The topological polar surface area (TPSA) is 45.7 Å². The Hall–Kier alpha value is -1.28. The number of aliphatic imine (C=N–C) groups is 1. The monoisotopic (exact) mass is 473 g/mol. The highest BCUT2D eigenvalue weighted by molar-refractivity contribution is 14.0. The van der Waals surface area contributed by atoms with Gasteiger partial charge in [0, 0.05) is 25.6 Å². The maximum Gasteiger partial charge on any atom is 0.191 e. The number of halogens is 1. The number of benzene rings is 1. The molecule has 0 aliphatic rings. The van der Waals surface area contributed by atoms with Crippen molar-refractivity contribution in [1.82, 2.24) is 10.6 Å². The Morgan fingerprint density at radius 2 is 1.96 bits per heavy atom. The fourth-order valence-electron chi connectivity index (χ4n) is 2.35. The van der Waals surface area contributed by atoms with E-state index in [9.17, 15) is 0 Å².